The van der Waals surface area contributed by atoms with Gasteiger partial charge in [0.2, 0.25) is 0 Å². The zero-order chi connectivity index (χ0) is 9.84. The van der Waals surface area contributed by atoms with Crippen LogP contribution >= 0.6 is 0 Å². The molecule has 0 aromatic carbocycles. The highest BCUT2D eigenvalue weighted by atomic mass is 16.1. The lowest BCUT2D eigenvalue weighted by atomic mass is 10.1. The van der Waals surface area contributed by atoms with Gasteiger partial charge in [-0.15, -0.1) is 0 Å². The highest BCUT2D eigenvalue weighted by Crippen LogP contribution is 2.09. The molecule has 0 spiro atoms. The number of hydrogen-bond acceptors (Lipinski definition) is 3. The molecule has 0 amide bonds. The third-order valence-electron chi connectivity index (χ3n) is 1.78. The van der Waals surface area contributed by atoms with Gasteiger partial charge in [0, 0.05) is 12.2 Å². The number of aromatic nitrogens is 2. The Balaban J connectivity index is 3.04. The van der Waals surface area contributed by atoms with Crippen LogP contribution in [0.25, 0.3) is 0 Å². The lowest BCUT2D eigenvalue weighted by molar-refractivity contribution is 0.746. The second-order valence-electron chi connectivity index (χ2n) is 3.32. The van der Waals surface area contributed by atoms with E-state index in [0.29, 0.717) is 6.54 Å². The third kappa shape index (κ3) is 2.66. The number of aromatic amines is 1. The standard InChI is InChI=1S/C9H15N3O/c1-6(2)8-4-7(5-10-3)11-9(13)12-8/h4,6,10H,5H2,1-3H3,(H,11,12,13). The number of nitrogens with zero attached hydrogens (tertiary/aromatic N) is 1. The zero-order valence-corrected chi connectivity index (χ0v) is 8.22. The van der Waals surface area contributed by atoms with Gasteiger partial charge in [0.15, 0.2) is 0 Å². The van der Waals surface area contributed by atoms with Crippen LogP contribution in [0.3, 0.4) is 0 Å². The number of H-pyrrole nitrogens is 1. The molecule has 1 aromatic rings. The van der Waals surface area contributed by atoms with Gasteiger partial charge in [0.05, 0.1) is 5.69 Å². The first-order valence-electron chi connectivity index (χ1n) is 4.38. The Morgan fingerprint density at radius 3 is 2.85 bits per heavy atom. The Labute approximate surface area is 77.4 Å². The molecule has 1 heterocycles. The predicted molar refractivity (Wildman–Crippen MR) is 51.7 cm³/mol. The molecule has 1 aromatic heterocycles. The van der Waals surface area contributed by atoms with E-state index in [1.165, 1.54) is 0 Å². The van der Waals surface area contributed by atoms with Crippen LogP contribution in [0.15, 0.2) is 10.9 Å². The molecule has 0 fully saturated rings. The molecule has 4 heteroatoms. The molecule has 13 heavy (non-hydrogen) atoms. The van der Waals surface area contributed by atoms with Gasteiger partial charge in [0.25, 0.3) is 0 Å². The van der Waals surface area contributed by atoms with Crippen molar-refractivity contribution in [2.45, 2.75) is 26.3 Å². The number of nitrogens with one attached hydrogen (secondary N) is 2. The molecule has 0 unspecified atom stereocenters. The molecule has 0 aliphatic heterocycles. The summed E-state index contributed by atoms with van der Waals surface area (Å²) in [6, 6.07) is 1.92. The van der Waals surface area contributed by atoms with E-state index in [0.717, 1.165) is 11.4 Å². The average Bonchev–Trinajstić information content (AvgIpc) is 2.03. The molecule has 0 aliphatic carbocycles. The van der Waals surface area contributed by atoms with E-state index in [2.05, 4.69) is 15.3 Å². The number of hydrogen-bond donors (Lipinski definition) is 2. The lowest BCUT2D eigenvalue weighted by Crippen LogP contribution is -2.18. The molecule has 0 radical (unpaired) electrons. The smallest absolute Gasteiger partial charge is 0.314 e. The van der Waals surface area contributed by atoms with Crippen molar-refractivity contribution in [3.63, 3.8) is 0 Å². The maximum atomic E-state index is 11.1. The maximum absolute atomic E-state index is 11.1. The minimum Gasteiger partial charge on any atom is -0.314 e. The van der Waals surface area contributed by atoms with Crippen molar-refractivity contribution in [2.24, 2.45) is 0 Å². The second-order valence-corrected chi connectivity index (χ2v) is 3.32. The van der Waals surface area contributed by atoms with Crippen molar-refractivity contribution in [1.82, 2.24) is 15.3 Å². The molecule has 0 atom stereocenters. The van der Waals surface area contributed by atoms with E-state index in [1.54, 1.807) is 0 Å². The summed E-state index contributed by atoms with van der Waals surface area (Å²) in [5.41, 5.74) is 1.46. The van der Waals surface area contributed by atoms with E-state index in [4.69, 9.17) is 0 Å². The van der Waals surface area contributed by atoms with Gasteiger partial charge in [-0.25, -0.2) is 4.79 Å². The fourth-order valence-corrected chi connectivity index (χ4v) is 1.11. The van der Waals surface area contributed by atoms with Gasteiger partial charge in [-0.1, -0.05) is 13.8 Å². The summed E-state index contributed by atoms with van der Waals surface area (Å²) in [4.78, 5) is 17.6. The Morgan fingerprint density at radius 2 is 2.31 bits per heavy atom. The first kappa shape index (κ1) is 9.92. The summed E-state index contributed by atoms with van der Waals surface area (Å²) in [6.45, 7) is 4.70. The fourth-order valence-electron chi connectivity index (χ4n) is 1.11. The molecule has 0 saturated heterocycles. The van der Waals surface area contributed by atoms with Gasteiger partial charge in [-0.05, 0) is 19.0 Å². The molecule has 4 nitrogen and oxygen atoms in total. The average molecular weight is 181 g/mol. The molecule has 2 N–H and O–H groups in total. The lowest BCUT2D eigenvalue weighted by Gasteiger charge is -2.05. The van der Waals surface area contributed by atoms with E-state index in [-0.39, 0.29) is 11.6 Å². The van der Waals surface area contributed by atoms with Crippen molar-refractivity contribution < 1.29 is 0 Å². The summed E-state index contributed by atoms with van der Waals surface area (Å²) in [7, 11) is 1.84. The normalized spacial score (nSPS) is 10.8. The highest BCUT2D eigenvalue weighted by Gasteiger charge is 2.03. The van der Waals surface area contributed by atoms with Crippen molar-refractivity contribution >= 4 is 0 Å². The van der Waals surface area contributed by atoms with Gasteiger partial charge >= 0.3 is 5.69 Å². The summed E-state index contributed by atoms with van der Waals surface area (Å²) in [6.07, 6.45) is 0. The second kappa shape index (κ2) is 4.18. The van der Waals surface area contributed by atoms with Crippen LogP contribution in [0.1, 0.15) is 31.2 Å². The molecular weight excluding hydrogens is 166 g/mol. The van der Waals surface area contributed by atoms with Crippen molar-refractivity contribution in [3.05, 3.63) is 27.9 Å². The number of rotatable bonds is 3. The van der Waals surface area contributed by atoms with Gasteiger partial charge in [-0.3, -0.25) is 0 Å². The van der Waals surface area contributed by atoms with Crippen LogP contribution in [0.4, 0.5) is 0 Å². The Morgan fingerprint density at radius 1 is 1.62 bits per heavy atom. The van der Waals surface area contributed by atoms with Crippen LogP contribution in [0.5, 0.6) is 0 Å². The van der Waals surface area contributed by atoms with Crippen molar-refractivity contribution in [3.8, 4) is 0 Å². The maximum Gasteiger partial charge on any atom is 0.345 e. The van der Waals surface area contributed by atoms with Gasteiger partial charge in [-0.2, -0.15) is 4.98 Å². The predicted octanol–water partition coefficient (Wildman–Crippen LogP) is 0.613. The van der Waals surface area contributed by atoms with E-state index < -0.39 is 0 Å². The van der Waals surface area contributed by atoms with E-state index >= 15 is 0 Å². The molecule has 72 valence electrons. The van der Waals surface area contributed by atoms with Gasteiger partial charge in [0.1, 0.15) is 0 Å². The largest absolute Gasteiger partial charge is 0.345 e. The quantitative estimate of drug-likeness (QED) is 0.718. The van der Waals surface area contributed by atoms with Crippen LogP contribution in [-0.2, 0) is 6.54 Å². The first-order chi connectivity index (χ1) is 6.13. The Hall–Kier alpha value is -1.16. The van der Waals surface area contributed by atoms with Crippen molar-refractivity contribution in [1.29, 1.82) is 0 Å². The van der Waals surface area contributed by atoms with Gasteiger partial charge < -0.3 is 10.3 Å². The van der Waals surface area contributed by atoms with Crippen LogP contribution in [0, 0.1) is 0 Å². The van der Waals surface area contributed by atoms with E-state index in [9.17, 15) is 4.79 Å². The Kier molecular flexibility index (Phi) is 3.19. The molecule has 0 aliphatic rings. The fraction of sp³-hybridized carbons (Fsp3) is 0.556. The summed E-state index contributed by atoms with van der Waals surface area (Å²) in [5.74, 6) is 0.290. The molecular formula is C9H15N3O. The summed E-state index contributed by atoms with van der Waals surface area (Å²) in [5, 5.41) is 2.98. The minimum absolute atomic E-state index is 0.267. The van der Waals surface area contributed by atoms with E-state index in [1.807, 2.05) is 27.0 Å². The first-order valence-corrected chi connectivity index (χ1v) is 4.38. The zero-order valence-electron chi connectivity index (χ0n) is 8.22. The van der Waals surface area contributed by atoms with Crippen LogP contribution < -0.4 is 11.0 Å². The Bertz CT molecular complexity index is 330. The van der Waals surface area contributed by atoms with Crippen molar-refractivity contribution in [2.75, 3.05) is 7.05 Å². The van der Waals surface area contributed by atoms with Crippen LogP contribution in [-0.4, -0.2) is 17.0 Å². The topological polar surface area (TPSA) is 57.8 Å². The molecule has 0 saturated carbocycles. The highest BCUT2D eigenvalue weighted by molar-refractivity contribution is 5.11. The summed E-state index contributed by atoms with van der Waals surface area (Å²) >= 11 is 0. The molecule has 0 bridgehead atoms. The monoisotopic (exact) mass is 181 g/mol. The third-order valence-corrected chi connectivity index (χ3v) is 1.78. The molecule has 1 rings (SSSR count). The minimum atomic E-state index is -0.267. The van der Waals surface area contributed by atoms with Crippen LogP contribution in [0.2, 0.25) is 0 Å². The summed E-state index contributed by atoms with van der Waals surface area (Å²) < 4.78 is 0. The SMILES string of the molecule is CNCc1cc(C(C)C)nc(=O)[nH]1.